The van der Waals surface area contributed by atoms with Crippen LogP contribution in [0.4, 0.5) is 0 Å². The van der Waals surface area contributed by atoms with Gasteiger partial charge in [-0.1, -0.05) is 26.7 Å². The molecule has 154 valence electrons. The van der Waals surface area contributed by atoms with Gasteiger partial charge in [0.25, 0.3) is 0 Å². The van der Waals surface area contributed by atoms with Crippen molar-refractivity contribution in [3.63, 3.8) is 0 Å². The third kappa shape index (κ3) is 3.94. The fraction of sp³-hybridized carbons (Fsp3) is 0.810. The van der Waals surface area contributed by atoms with Gasteiger partial charge in [-0.2, -0.15) is 0 Å². The Kier molecular flexibility index (Phi) is 5.69. The second-order valence-electron chi connectivity index (χ2n) is 9.12. The lowest BCUT2D eigenvalue weighted by atomic mass is 9.95. The second kappa shape index (κ2) is 8.21. The molecule has 0 N–H and O–H groups in total. The summed E-state index contributed by atoms with van der Waals surface area (Å²) in [6.45, 7) is 7.95. The Balaban J connectivity index is 1.36. The first kappa shape index (κ1) is 19.4. The van der Waals surface area contributed by atoms with Crippen LogP contribution in [0, 0.1) is 11.8 Å². The van der Waals surface area contributed by atoms with Crippen LogP contribution in [0.2, 0.25) is 0 Å². The Bertz CT molecular complexity index is 714. The highest BCUT2D eigenvalue weighted by Gasteiger charge is 2.33. The Morgan fingerprint density at radius 2 is 1.68 bits per heavy atom. The molecule has 2 amide bonds. The first-order chi connectivity index (χ1) is 13.5. The minimum Gasteiger partial charge on any atom is -0.343 e. The van der Waals surface area contributed by atoms with Gasteiger partial charge in [-0.3, -0.25) is 9.59 Å². The van der Waals surface area contributed by atoms with E-state index in [2.05, 4.69) is 28.6 Å². The third-order valence-corrected chi connectivity index (χ3v) is 6.59. The Morgan fingerprint density at radius 3 is 2.36 bits per heavy atom. The molecule has 7 nitrogen and oxygen atoms in total. The van der Waals surface area contributed by atoms with Crippen molar-refractivity contribution in [1.29, 1.82) is 0 Å². The maximum Gasteiger partial charge on any atom is 0.226 e. The zero-order chi connectivity index (χ0) is 19.7. The van der Waals surface area contributed by atoms with E-state index >= 15 is 0 Å². The van der Waals surface area contributed by atoms with Crippen LogP contribution in [-0.2, 0) is 22.7 Å². The summed E-state index contributed by atoms with van der Waals surface area (Å²) in [6, 6.07) is 0. The van der Waals surface area contributed by atoms with Crippen molar-refractivity contribution in [1.82, 2.24) is 24.6 Å². The Hall–Kier alpha value is -1.92. The molecule has 1 aromatic rings. The lowest BCUT2D eigenvalue weighted by molar-refractivity contribution is -0.137. The molecule has 28 heavy (non-hydrogen) atoms. The minimum absolute atomic E-state index is 0.224. The summed E-state index contributed by atoms with van der Waals surface area (Å²) in [5, 5.41) is 8.93. The van der Waals surface area contributed by atoms with Crippen LogP contribution < -0.4 is 0 Å². The highest BCUT2D eigenvalue weighted by molar-refractivity contribution is 5.79. The van der Waals surface area contributed by atoms with Crippen LogP contribution in [0.25, 0.3) is 0 Å². The zero-order valence-electron chi connectivity index (χ0n) is 17.3. The predicted octanol–water partition coefficient (Wildman–Crippen LogP) is 2.56. The van der Waals surface area contributed by atoms with Gasteiger partial charge in [0.1, 0.15) is 5.82 Å². The Labute approximate surface area is 167 Å². The molecule has 0 atom stereocenters. The van der Waals surface area contributed by atoms with E-state index in [1.807, 2.05) is 9.80 Å². The van der Waals surface area contributed by atoms with Gasteiger partial charge in [-0.15, -0.1) is 10.2 Å². The minimum atomic E-state index is 0.224. The van der Waals surface area contributed by atoms with Crippen LogP contribution in [0.5, 0.6) is 0 Å². The molecule has 0 unspecified atom stereocenters. The standard InChI is InChI=1S/C21H33N5O2/c1-15(2)13-19(27)24-9-7-16(8-10-24)20-23-22-18-14-25(11-12-26(18)20)21(28)17-5-3-4-6-17/h15-17H,3-14H2,1-2H3. The number of aromatic nitrogens is 3. The SMILES string of the molecule is CC(C)CC(=O)N1CCC(c2nnc3n2CCN(C(=O)C2CCCC2)C3)CC1. The lowest BCUT2D eigenvalue weighted by Gasteiger charge is -2.34. The summed E-state index contributed by atoms with van der Waals surface area (Å²) in [5.41, 5.74) is 0. The summed E-state index contributed by atoms with van der Waals surface area (Å²) in [5.74, 6) is 3.56. The topological polar surface area (TPSA) is 71.3 Å². The zero-order valence-corrected chi connectivity index (χ0v) is 17.3. The van der Waals surface area contributed by atoms with Crippen LogP contribution in [0.3, 0.4) is 0 Å². The van der Waals surface area contributed by atoms with Crippen molar-refractivity contribution >= 4 is 11.8 Å². The number of carbonyl (C=O) groups excluding carboxylic acids is 2. The summed E-state index contributed by atoms with van der Waals surface area (Å²) < 4.78 is 2.23. The van der Waals surface area contributed by atoms with Crippen LogP contribution in [0.1, 0.15) is 76.4 Å². The molecule has 1 aromatic heterocycles. The molecule has 7 heteroatoms. The highest BCUT2D eigenvalue weighted by Crippen LogP contribution is 2.31. The first-order valence-electron chi connectivity index (χ1n) is 11.0. The van der Waals surface area contributed by atoms with Gasteiger partial charge in [-0.25, -0.2) is 0 Å². The molecule has 1 saturated carbocycles. The van der Waals surface area contributed by atoms with Crippen molar-refractivity contribution in [3.05, 3.63) is 11.6 Å². The van der Waals surface area contributed by atoms with Crippen molar-refractivity contribution < 1.29 is 9.59 Å². The van der Waals surface area contributed by atoms with Gasteiger partial charge in [0.15, 0.2) is 5.82 Å². The number of hydrogen-bond donors (Lipinski definition) is 0. The van der Waals surface area contributed by atoms with Gasteiger partial charge >= 0.3 is 0 Å². The van der Waals surface area contributed by atoms with Crippen molar-refractivity contribution in [2.24, 2.45) is 11.8 Å². The number of carbonyl (C=O) groups is 2. The number of nitrogens with zero attached hydrogens (tertiary/aromatic N) is 5. The summed E-state index contributed by atoms with van der Waals surface area (Å²) in [7, 11) is 0. The van der Waals surface area contributed by atoms with Gasteiger partial charge in [0, 0.05) is 44.4 Å². The Morgan fingerprint density at radius 1 is 0.964 bits per heavy atom. The number of piperidine rings is 1. The van der Waals surface area contributed by atoms with Gasteiger partial charge in [0.05, 0.1) is 6.54 Å². The molecular formula is C21H33N5O2. The number of likely N-dealkylation sites (tertiary alicyclic amines) is 1. The average molecular weight is 388 g/mol. The molecule has 0 bridgehead atoms. The van der Waals surface area contributed by atoms with Crippen molar-refractivity contribution in [3.8, 4) is 0 Å². The van der Waals surface area contributed by atoms with E-state index in [1.165, 1.54) is 12.8 Å². The quantitative estimate of drug-likeness (QED) is 0.796. The molecule has 3 heterocycles. The highest BCUT2D eigenvalue weighted by atomic mass is 16.2. The van der Waals surface area contributed by atoms with E-state index in [9.17, 15) is 9.59 Å². The van der Waals surface area contributed by atoms with E-state index in [0.717, 1.165) is 63.5 Å². The molecule has 3 aliphatic rings. The molecular weight excluding hydrogens is 354 g/mol. The normalized spacial score (nSPS) is 21.4. The maximum absolute atomic E-state index is 12.7. The number of amides is 2. The first-order valence-corrected chi connectivity index (χ1v) is 11.0. The fourth-order valence-electron chi connectivity index (χ4n) is 4.97. The molecule has 0 aromatic carbocycles. The maximum atomic E-state index is 12.7. The summed E-state index contributed by atoms with van der Waals surface area (Å²) in [4.78, 5) is 29.0. The van der Waals surface area contributed by atoms with Gasteiger partial charge < -0.3 is 14.4 Å². The van der Waals surface area contributed by atoms with E-state index in [4.69, 9.17) is 0 Å². The van der Waals surface area contributed by atoms with E-state index in [1.54, 1.807) is 0 Å². The van der Waals surface area contributed by atoms with E-state index in [-0.39, 0.29) is 11.8 Å². The van der Waals surface area contributed by atoms with E-state index in [0.29, 0.717) is 30.7 Å². The third-order valence-electron chi connectivity index (χ3n) is 6.59. The summed E-state index contributed by atoms with van der Waals surface area (Å²) in [6.07, 6.45) is 6.99. The lowest BCUT2D eigenvalue weighted by Crippen LogP contribution is -2.42. The number of rotatable bonds is 4. The molecule has 2 aliphatic heterocycles. The monoisotopic (exact) mass is 387 g/mol. The molecule has 4 rings (SSSR count). The second-order valence-corrected chi connectivity index (χ2v) is 9.12. The fourth-order valence-corrected chi connectivity index (χ4v) is 4.97. The van der Waals surface area contributed by atoms with Crippen molar-refractivity contribution in [2.75, 3.05) is 19.6 Å². The van der Waals surface area contributed by atoms with Crippen LogP contribution in [0.15, 0.2) is 0 Å². The molecule has 0 spiro atoms. The average Bonchev–Trinajstić information content (AvgIpc) is 3.36. The summed E-state index contributed by atoms with van der Waals surface area (Å²) >= 11 is 0. The molecule has 1 aliphatic carbocycles. The number of hydrogen-bond acceptors (Lipinski definition) is 4. The predicted molar refractivity (Wildman–Crippen MR) is 105 cm³/mol. The van der Waals surface area contributed by atoms with Crippen LogP contribution >= 0.6 is 0 Å². The smallest absolute Gasteiger partial charge is 0.226 e. The molecule has 0 radical (unpaired) electrons. The van der Waals surface area contributed by atoms with Crippen molar-refractivity contribution in [2.45, 2.75) is 77.8 Å². The largest absolute Gasteiger partial charge is 0.343 e. The number of fused-ring (bicyclic) bond motifs is 1. The van der Waals surface area contributed by atoms with Gasteiger partial charge in [-0.05, 0) is 31.6 Å². The van der Waals surface area contributed by atoms with Gasteiger partial charge in [0.2, 0.25) is 11.8 Å². The molecule has 2 fully saturated rings. The van der Waals surface area contributed by atoms with Crippen LogP contribution in [-0.4, -0.2) is 56.0 Å². The molecule has 1 saturated heterocycles. The van der Waals surface area contributed by atoms with E-state index < -0.39 is 0 Å².